The molecule has 2 aromatic rings. The van der Waals surface area contributed by atoms with Gasteiger partial charge in [-0.2, -0.15) is 0 Å². The second-order valence-electron chi connectivity index (χ2n) is 7.76. The van der Waals surface area contributed by atoms with E-state index in [1.54, 1.807) is 4.90 Å². The highest BCUT2D eigenvalue weighted by Crippen LogP contribution is 2.29. The summed E-state index contributed by atoms with van der Waals surface area (Å²) in [6.07, 6.45) is 0.261. The van der Waals surface area contributed by atoms with Gasteiger partial charge >= 0.3 is 0 Å². The molecule has 28 heavy (non-hydrogen) atoms. The summed E-state index contributed by atoms with van der Waals surface area (Å²) < 4.78 is 0. The summed E-state index contributed by atoms with van der Waals surface area (Å²) in [5.74, 6) is -0.351. The van der Waals surface area contributed by atoms with E-state index in [0.29, 0.717) is 13.1 Å². The Balaban J connectivity index is 1.65. The van der Waals surface area contributed by atoms with Crippen LogP contribution in [0.5, 0.6) is 0 Å². The van der Waals surface area contributed by atoms with Crippen LogP contribution in [0.1, 0.15) is 29.2 Å². The standard InChI is InChI=1S/C23H29N3O2/c1-16-9-8-12-20(17(16)2)26-15-19(13-22(26)27)23(28)24-14-21(25(3)4)18-10-6-5-7-11-18/h5-12,19,21H,13-15H2,1-4H3,(H,24,28)/t19-,21-/m0/s1. The van der Waals surface area contributed by atoms with Crippen LogP contribution in [-0.4, -0.2) is 43.9 Å². The van der Waals surface area contributed by atoms with Crippen molar-refractivity contribution in [1.29, 1.82) is 0 Å². The van der Waals surface area contributed by atoms with Crippen molar-refractivity contribution in [2.75, 3.05) is 32.1 Å². The zero-order valence-electron chi connectivity index (χ0n) is 17.1. The first kappa shape index (κ1) is 20.1. The highest BCUT2D eigenvalue weighted by molar-refractivity contribution is 6.00. The van der Waals surface area contributed by atoms with Crippen LogP contribution in [0.2, 0.25) is 0 Å². The van der Waals surface area contributed by atoms with Crippen molar-refractivity contribution in [1.82, 2.24) is 10.2 Å². The molecule has 2 amide bonds. The van der Waals surface area contributed by atoms with Crippen LogP contribution in [-0.2, 0) is 9.59 Å². The van der Waals surface area contributed by atoms with Crippen LogP contribution in [0, 0.1) is 19.8 Å². The number of nitrogens with one attached hydrogen (secondary N) is 1. The lowest BCUT2D eigenvalue weighted by atomic mass is 10.0. The van der Waals surface area contributed by atoms with Gasteiger partial charge in [0.15, 0.2) is 0 Å². The largest absolute Gasteiger partial charge is 0.354 e. The van der Waals surface area contributed by atoms with Crippen molar-refractivity contribution in [2.24, 2.45) is 5.92 Å². The first-order chi connectivity index (χ1) is 13.4. The Bertz CT molecular complexity index is 848. The van der Waals surface area contributed by atoms with Crippen LogP contribution < -0.4 is 10.2 Å². The Morgan fingerprint density at radius 3 is 2.54 bits per heavy atom. The van der Waals surface area contributed by atoms with Crippen LogP contribution in [0.25, 0.3) is 0 Å². The van der Waals surface area contributed by atoms with E-state index in [4.69, 9.17) is 0 Å². The van der Waals surface area contributed by atoms with Gasteiger partial charge in [-0.1, -0.05) is 42.5 Å². The van der Waals surface area contributed by atoms with Gasteiger partial charge in [0, 0.05) is 25.2 Å². The minimum absolute atomic E-state index is 0.0149. The van der Waals surface area contributed by atoms with E-state index in [2.05, 4.69) is 22.3 Å². The van der Waals surface area contributed by atoms with E-state index >= 15 is 0 Å². The minimum Gasteiger partial charge on any atom is -0.354 e. The maximum atomic E-state index is 12.8. The molecule has 1 saturated heterocycles. The van der Waals surface area contributed by atoms with E-state index < -0.39 is 0 Å². The van der Waals surface area contributed by atoms with E-state index in [0.717, 1.165) is 22.4 Å². The number of rotatable bonds is 6. The van der Waals surface area contributed by atoms with Gasteiger partial charge in [-0.15, -0.1) is 0 Å². The van der Waals surface area contributed by atoms with Gasteiger partial charge in [-0.05, 0) is 50.7 Å². The third-order valence-electron chi connectivity index (χ3n) is 5.64. The molecule has 1 aliphatic rings. The highest BCUT2D eigenvalue weighted by Gasteiger charge is 2.36. The quantitative estimate of drug-likeness (QED) is 0.839. The monoisotopic (exact) mass is 379 g/mol. The van der Waals surface area contributed by atoms with Crippen molar-refractivity contribution in [3.63, 3.8) is 0 Å². The lowest BCUT2D eigenvalue weighted by Gasteiger charge is -2.26. The molecule has 0 radical (unpaired) electrons. The molecule has 148 valence electrons. The second kappa shape index (κ2) is 8.57. The summed E-state index contributed by atoms with van der Waals surface area (Å²) in [6.45, 7) is 5.01. The van der Waals surface area contributed by atoms with Crippen LogP contribution in [0.3, 0.4) is 0 Å². The van der Waals surface area contributed by atoms with Crippen LogP contribution in [0.4, 0.5) is 5.69 Å². The molecule has 0 spiro atoms. The number of benzene rings is 2. The molecule has 1 N–H and O–H groups in total. The molecule has 5 nitrogen and oxygen atoms in total. The molecule has 1 fully saturated rings. The first-order valence-electron chi connectivity index (χ1n) is 9.74. The van der Waals surface area contributed by atoms with Gasteiger partial charge in [-0.25, -0.2) is 0 Å². The number of nitrogens with zero attached hydrogens (tertiary/aromatic N) is 2. The lowest BCUT2D eigenvalue weighted by molar-refractivity contribution is -0.126. The van der Waals surface area contributed by atoms with Crippen molar-refractivity contribution in [2.45, 2.75) is 26.3 Å². The third-order valence-corrected chi connectivity index (χ3v) is 5.64. The Hall–Kier alpha value is -2.66. The van der Waals surface area contributed by atoms with E-state index in [9.17, 15) is 9.59 Å². The van der Waals surface area contributed by atoms with Gasteiger partial charge in [0.1, 0.15) is 0 Å². The van der Waals surface area contributed by atoms with Crippen molar-refractivity contribution >= 4 is 17.5 Å². The molecular formula is C23H29N3O2. The summed E-state index contributed by atoms with van der Waals surface area (Å²) in [5, 5.41) is 3.06. The van der Waals surface area contributed by atoms with E-state index in [1.807, 2.05) is 64.3 Å². The molecule has 1 aliphatic heterocycles. The number of anilines is 1. The van der Waals surface area contributed by atoms with Crippen molar-refractivity contribution in [3.8, 4) is 0 Å². The van der Waals surface area contributed by atoms with Crippen molar-refractivity contribution in [3.05, 3.63) is 65.2 Å². The van der Waals surface area contributed by atoms with Gasteiger partial charge in [0.25, 0.3) is 0 Å². The Morgan fingerprint density at radius 2 is 1.86 bits per heavy atom. The molecule has 0 saturated carbocycles. The molecule has 3 rings (SSSR count). The molecule has 0 unspecified atom stereocenters. The first-order valence-corrected chi connectivity index (χ1v) is 9.74. The molecule has 0 bridgehead atoms. The Kier molecular flexibility index (Phi) is 6.15. The highest BCUT2D eigenvalue weighted by atomic mass is 16.2. The van der Waals surface area contributed by atoms with Gasteiger partial charge in [0.05, 0.1) is 12.0 Å². The Labute approximate surface area is 167 Å². The predicted octanol–water partition coefficient (Wildman–Crippen LogP) is 3.08. The van der Waals surface area contributed by atoms with E-state index in [1.165, 1.54) is 0 Å². The van der Waals surface area contributed by atoms with Crippen LogP contribution in [0.15, 0.2) is 48.5 Å². The number of hydrogen-bond donors (Lipinski definition) is 1. The zero-order valence-corrected chi connectivity index (χ0v) is 17.1. The number of aryl methyl sites for hydroxylation is 1. The number of amides is 2. The number of likely N-dealkylation sites (N-methyl/N-ethyl adjacent to an activating group) is 1. The maximum Gasteiger partial charge on any atom is 0.227 e. The Morgan fingerprint density at radius 1 is 1.14 bits per heavy atom. The topological polar surface area (TPSA) is 52.7 Å². The fraction of sp³-hybridized carbons (Fsp3) is 0.391. The van der Waals surface area contributed by atoms with Gasteiger partial charge in [-0.3, -0.25) is 9.59 Å². The second-order valence-corrected chi connectivity index (χ2v) is 7.76. The number of carbonyl (C=O) groups is 2. The zero-order chi connectivity index (χ0) is 20.3. The smallest absolute Gasteiger partial charge is 0.227 e. The summed E-state index contributed by atoms with van der Waals surface area (Å²) in [4.78, 5) is 29.2. The molecule has 2 aromatic carbocycles. The summed E-state index contributed by atoms with van der Waals surface area (Å²) in [5.41, 5.74) is 4.31. The predicted molar refractivity (Wildman–Crippen MR) is 112 cm³/mol. The number of hydrogen-bond acceptors (Lipinski definition) is 3. The fourth-order valence-electron chi connectivity index (χ4n) is 3.76. The number of carbonyl (C=O) groups excluding carboxylic acids is 2. The molecule has 5 heteroatoms. The van der Waals surface area contributed by atoms with Gasteiger partial charge in [0.2, 0.25) is 11.8 Å². The average Bonchev–Trinajstić information content (AvgIpc) is 3.06. The minimum atomic E-state index is -0.314. The summed E-state index contributed by atoms with van der Waals surface area (Å²) in [6, 6.07) is 16.2. The van der Waals surface area contributed by atoms with Gasteiger partial charge < -0.3 is 15.1 Å². The third kappa shape index (κ3) is 4.25. The lowest BCUT2D eigenvalue weighted by Crippen LogP contribution is -2.38. The van der Waals surface area contributed by atoms with Crippen molar-refractivity contribution < 1.29 is 9.59 Å². The fourth-order valence-corrected chi connectivity index (χ4v) is 3.76. The molecule has 0 aromatic heterocycles. The van der Waals surface area contributed by atoms with Crippen LogP contribution >= 0.6 is 0 Å². The maximum absolute atomic E-state index is 12.8. The normalized spacial score (nSPS) is 17.8. The molecule has 0 aliphatic carbocycles. The molecular weight excluding hydrogens is 350 g/mol. The summed E-state index contributed by atoms with van der Waals surface area (Å²) >= 11 is 0. The van der Waals surface area contributed by atoms with E-state index in [-0.39, 0.29) is 30.2 Å². The summed E-state index contributed by atoms with van der Waals surface area (Å²) in [7, 11) is 4.01. The average molecular weight is 380 g/mol. The molecule has 1 heterocycles. The molecule has 2 atom stereocenters. The SMILES string of the molecule is Cc1cccc(N2C[C@@H](C(=O)NC[C@@H](c3ccccc3)N(C)C)CC2=O)c1C.